The molecule has 106 valence electrons. The number of rotatable bonds is 5. The van der Waals surface area contributed by atoms with Gasteiger partial charge in [-0.3, -0.25) is 0 Å². The van der Waals surface area contributed by atoms with Crippen molar-refractivity contribution in [1.29, 1.82) is 0 Å². The lowest BCUT2D eigenvalue weighted by molar-refractivity contribution is 0.415. The van der Waals surface area contributed by atoms with E-state index in [2.05, 4.69) is 15.5 Å². The van der Waals surface area contributed by atoms with Crippen LogP contribution in [0.25, 0.3) is 0 Å². The number of hydrogen-bond donors (Lipinski definition) is 1. The van der Waals surface area contributed by atoms with Gasteiger partial charge < -0.3 is 10.1 Å². The van der Waals surface area contributed by atoms with E-state index in [0.29, 0.717) is 12.6 Å². The lowest BCUT2D eigenvalue weighted by Gasteiger charge is -2.08. The Hall–Kier alpha value is -2.08. The SMILES string of the molecule is CC(C)NCc1ccc(Oc2cc(F)ccc2F)nn1. The van der Waals surface area contributed by atoms with Crippen molar-refractivity contribution in [2.45, 2.75) is 26.4 Å². The maximum atomic E-state index is 13.4. The first-order valence-corrected chi connectivity index (χ1v) is 6.23. The zero-order chi connectivity index (χ0) is 14.5. The summed E-state index contributed by atoms with van der Waals surface area (Å²) in [6.45, 7) is 4.63. The predicted molar refractivity (Wildman–Crippen MR) is 70.4 cm³/mol. The molecular weight excluding hydrogens is 264 g/mol. The zero-order valence-electron chi connectivity index (χ0n) is 11.2. The zero-order valence-corrected chi connectivity index (χ0v) is 11.2. The molecule has 0 aliphatic rings. The summed E-state index contributed by atoms with van der Waals surface area (Å²) < 4.78 is 31.6. The van der Waals surface area contributed by atoms with Crippen LogP contribution in [-0.2, 0) is 6.54 Å². The summed E-state index contributed by atoms with van der Waals surface area (Å²) in [5.41, 5.74) is 0.741. The van der Waals surface area contributed by atoms with Crippen LogP contribution in [-0.4, -0.2) is 16.2 Å². The van der Waals surface area contributed by atoms with E-state index in [1.165, 1.54) is 0 Å². The average molecular weight is 279 g/mol. The van der Waals surface area contributed by atoms with Crippen LogP contribution in [0.15, 0.2) is 30.3 Å². The second kappa shape index (κ2) is 6.38. The molecule has 0 fully saturated rings. The van der Waals surface area contributed by atoms with Crippen LogP contribution >= 0.6 is 0 Å². The number of benzene rings is 1. The average Bonchev–Trinajstić information content (AvgIpc) is 2.42. The van der Waals surface area contributed by atoms with Gasteiger partial charge in [-0.05, 0) is 18.2 Å². The quantitative estimate of drug-likeness (QED) is 0.913. The molecule has 0 atom stereocenters. The van der Waals surface area contributed by atoms with Gasteiger partial charge in [0.2, 0.25) is 5.88 Å². The van der Waals surface area contributed by atoms with Crippen molar-refractivity contribution in [3.63, 3.8) is 0 Å². The summed E-state index contributed by atoms with van der Waals surface area (Å²) in [5, 5.41) is 11.0. The van der Waals surface area contributed by atoms with E-state index in [1.54, 1.807) is 12.1 Å². The molecule has 0 bridgehead atoms. The highest BCUT2D eigenvalue weighted by Gasteiger charge is 2.08. The Morgan fingerprint density at radius 3 is 2.60 bits per heavy atom. The first-order valence-electron chi connectivity index (χ1n) is 6.23. The molecule has 6 heteroatoms. The van der Waals surface area contributed by atoms with Gasteiger partial charge in [0.25, 0.3) is 0 Å². The standard InChI is InChI=1S/C14H15F2N3O/c1-9(2)17-8-11-4-6-14(19-18-11)20-13-7-10(15)3-5-12(13)16/h3-7,9,17H,8H2,1-2H3. The normalized spacial score (nSPS) is 10.8. The van der Waals surface area contributed by atoms with Gasteiger partial charge in [0.15, 0.2) is 11.6 Å². The van der Waals surface area contributed by atoms with Gasteiger partial charge in [0, 0.05) is 24.7 Å². The number of nitrogens with one attached hydrogen (secondary N) is 1. The summed E-state index contributed by atoms with van der Waals surface area (Å²) in [6.07, 6.45) is 0. The minimum Gasteiger partial charge on any atom is -0.434 e. The van der Waals surface area contributed by atoms with Crippen molar-refractivity contribution >= 4 is 0 Å². The van der Waals surface area contributed by atoms with Crippen molar-refractivity contribution in [3.8, 4) is 11.6 Å². The molecule has 2 rings (SSSR count). The van der Waals surface area contributed by atoms with Crippen LogP contribution in [0.4, 0.5) is 8.78 Å². The number of ether oxygens (including phenoxy) is 1. The number of halogens is 2. The summed E-state index contributed by atoms with van der Waals surface area (Å²) in [6, 6.07) is 6.61. The van der Waals surface area contributed by atoms with Crippen LogP contribution in [0, 0.1) is 11.6 Å². The number of aromatic nitrogens is 2. The Labute approximate surface area is 115 Å². The molecule has 20 heavy (non-hydrogen) atoms. The molecule has 0 unspecified atom stereocenters. The van der Waals surface area contributed by atoms with Gasteiger partial charge in [-0.15, -0.1) is 5.10 Å². The molecule has 1 heterocycles. The summed E-state index contributed by atoms with van der Waals surface area (Å²) in [4.78, 5) is 0. The summed E-state index contributed by atoms with van der Waals surface area (Å²) in [5.74, 6) is -1.33. The van der Waals surface area contributed by atoms with Crippen molar-refractivity contribution in [2.24, 2.45) is 0 Å². The molecular formula is C14H15F2N3O. The van der Waals surface area contributed by atoms with Crippen LogP contribution in [0.3, 0.4) is 0 Å². The van der Waals surface area contributed by atoms with Crippen molar-refractivity contribution in [1.82, 2.24) is 15.5 Å². The Morgan fingerprint density at radius 1 is 1.15 bits per heavy atom. The molecule has 1 aromatic heterocycles. The molecule has 0 amide bonds. The minimum atomic E-state index is -0.654. The molecule has 1 N–H and O–H groups in total. The topological polar surface area (TPSA) is 47.0 Å². The Bertz CT molecular complexity index is 573. The van der Waals surface area contributed by atoms with E-state index < -0.39 is 11.6 Å². The Kier molecular flexibility index (Phi) is 4.57. The maximum Gasteiger partial charge on any atom is 0.239 e. The molecule has 1 aromatic carbocycles. The highest BCUT2D eigenvalue weighted by atomic mass is 19.1. The van der Waals surface area contributed by atoms with E-state index in [9.17, 15) is 8.78 Å². The van der Waals surface area contributed by atoms with Gasteiger partial charge in [0.05, 0.1) is 5.69 Å². The Balaban J connectivity index is 2.05. The lowest BCUT2D eigenvalue weighted by atomic mass is 10.3. The highest BCUT2D eigenvalue weighted by molar-refractivity contribution is 5.29. The lowest BCUT2D eigenvalue weighted by Crippen LogP contribution is -2.22. The van der Waals surface area contributed by atoms with Crippen molar-refractivity contribution < 1.29 is 13.5 Å². The molecule has 0 saturated heterocycles. The van der Waals surface area contributed by atoms with Crippen LogP contribution in [0.1, 0.15) is 19.5 Å². The molecule has 4 nitrogen and oxygen atoms in total. The first-order chi connectivity index (χ1) is 9.54. The van der Waals surface area contributed by atoms with Crippen molar-refractivity contribution in [2.75, 3.05) is 0 Å². The van der Waals surface area contributed by atoms with E-state index in [0.717, 1.165) is 23.9 Å². The van der Waals surface area contributed by atoms with Crippen LogP contribution in [0.2, 0.25) is 0 Å². The van der Waals surface area contributed by atoms with E-state index in [1.807, 2.05) is 13.8 Å². The largest absolute Gasteiger partial charge is 0.434 e. The van der Waals surface area contributed by atoms with Gasteiger partial charge in [-0.1, -0.05) is 13.8 Å². The van der Waals surface area contributed by atoms with Gasteiger partial charge >= 0.3 is 0 Å². The molecule has 0 saturated carbocycles. The third-order valence-corrected chi connectivity index (χ3v) is 2.49. The summed E-state index contributed by atoms with van der Waals surface area (Å²) in [7, 11) is 0. The van der Waals surface area contributed by atoms with Crippen LogP contribution in [0.5, 0.6) is 11.6 Å². The molecule has 0 aliphatic carbocycles. The maximum absolute atomic E-state index is 13.4. The van der Waals surface area contributed by atoms with Gasteiger partial charge in [0.1, 0.15) is 5.82 Å². The fourth-order valence-corrected chi connectivity index (χ4v) is 1.47. The van der Waals surface area contributed by atoms with Gasteiger partial charge in [-0.25, -0.2) is 8.78 Å². The fraction of sp³-hybridized carbons (Fsp3) is 0.286. The number of nitrogens with zero attached hydrogens (tertiary/aromatic N) is 2. The predicted octanol–water partition coefficient (Wildman–Crippen LogP) is 3.05. The third kappa shape index (κ3) is 3.96. The van der Waals surface area contributed by atoms with Gasteiger partial charge in [-0.2, -0.15) is 5.10 Å². The van der Waals surface area contributed by atoms with E-state index >= 15 is 0 Å². The number of hydrogen-bond acceptors (Lipinski definition) is 4. The molecule has 0 spiro atoms. The highest BCUT2D eigenvalue weighted by Crippen LogP contribution is 2.23. The first kappa shape index (κ1) is 14.3. The fourth-order valence-electron chi connectivity index (χ4n) is 1.47. The monoisotopic (exact) mass is 279 g/mol. The van der Waals surface area contributed by atoms with Crippen LogP contribution < -0.4 is 10.1 Å². The minimum absolute atomic E-state index is 0.114. The second-order valence-corrected chi connectivity index (χ2v) is 4.58. The molecule has 2 aromatic rings. The second-order valence-electron chi connectivity index (χ2n) is 4.58. The van der Waals surface area contributed by atoms with E-state index in [4.69, 9.17) is 4.74 Å². The molecule has 0 aliphatic heterocycles. The Morgan fingerprint density at radius 2 is 1.95 bits per heavy atom. The van der Waals surface area contributed by atoms with E-state index in [-0.39, 0.29) is 11.6 Å². The smallest absolute Gasteiger partial charge is 0.239 e. The van der Waals surface area contributed by atoms with Crippen molar-refractivity contribution in [3.05, 3.63) is 47.7 Å². The summed E-state index contributed by atoms with van der Waals surface area (Å²) >= 11 is 0. The molecule has 0 radical (unpaired) electrons. The third-order valence-electron chi connectivity index (χ3n) is 2.49.